The molecule has 1 aliphatic rings. The Labute approximate surface area is 112 Å². The second kappa shape index (κ2) is 4.48. The lowest BCUT2D eigenvalue weighted by Gasteiger charge is -2.14. The SMILES string of the molecule is OC1CCCc2sc(-c3ncccc3Br)nc21. The molecule has 1 aliphatic carbocycles. The Morgan fingerprint density at radius 3 is 3.12 bits per heavy atom. The van der Waals surface area contributed by atoms with Gasteiger partial charge >= 0.3 is 0 Å². The van der Waals surface area contributed by atoms with Crippen LogP contribution in [-0.2, 0) is 6.42 Å². The van der Waals surface area contributed by atoms with Crippen LogP contribution in [0.2, 0.25) is 0 Å². The van der Waals surface area contributed by atoms with Gasteiger partial charge in [0.2, 0.25) is 0 Å². The summed E-state index contributed by atoms with van der Waals surface area (Å²) in [5, 5.41) is 10.8. The summed E-state index contributed by atoms with van der Waals surface area (Å²) in [4.78, 5) is 10.1. The Kier molecular flexibility index (Phi) is 2.98. The zero-order chi connectivity index (χ0) is 11.8. The number of aryl methyl sites for hydroxylation is 1. The van der Waals surface area contributed by atoms with Crippen LogP contribution in [0, 0.1) is 0 Å². The van der Waals surface area contributed by atoms with Crippen molar-refractivity contribution in [1.29, 1.82) is 0 Å². The first kappa shape index (κ1) is 11.3. The molecule has 1 atom stereocenters. The number of aliphatic hydroxyl groups excluding tert-OH is 1. The van der Waals surface area contributed by atoms with Crippen LogP contribution in [0.4, 0.5) is 0 Å². The van der Waals surface area contributed by atoms with Gasteiger partial charge in [0.25, 0.3) is 0 Å². The summed E-state index contributed by atoms with van der Waals surface area (Å²) < 4.78 is 0.945. The van der Waals surface area contributed by atoms with E-state index in [9.17, 15) is 5.11 Å². The summed E-state index contributed by atoms with van der Waals surface area (Å²) in [6.07, 6.45) is 4.25. The molecule has 0 aliphatic heterocycles. The third kappa shape index (κ3) is 2.03. The van der Waals surface area contributed by atoms with Crippen molar-refractivity contribution < 1.29 is 5.11 Å². The number of fused-ring (bicyclic) bond motifs is 1. The van der Waals surface area contributed by atoms with E-state index in [1.54, 1.807) is 17.5 Å². The Hall–Kier alpha value is -0.780. The molecule has 0 aromatic carbocycles. The van der Waals surface area contributed by atoms with Gasteiger partial charge in [0, 0.05) is 15.5 Å². The van der Waals surface area contributed by atoms with E-state index in [-0.39, 0.29) is 0 Å². The van der Waals surface area contributed by atoms with E-state index in [0.717, 1.165) is 40.1 Å². The molecular weight excluding hydrogens is 300 g/mol. The summed E-state index contributed by atoms with van der Waals surface area (Å²) in [7, 11) is 0. The molecule has 5 heteroatoms. The van der Waals surface area contributed by atoms with Gasteiger partial charge in [-0.1, -0.05) is 0 Å². The van der Waals surface area contributed by atoms with Gasteiger partial charge in [-0.2, -0.15) is 0 Å². The van der Waals surface area contributed by atoms with Crippen molar-refractivity contribution in [3.8, 4) is 10.7 Å². The number of pyridine rings is 1. The monoisotopic (exact) mass is 310 g/mol. The second-order valence-corrected chi connectivity index (χ2v) is 6.01. The molecule has 88 valence electrons. The molecule has 17 heavy (non-hydrogen) atoms. The van der Waals surface area contributed by atoms with Gasteiger partial charge in [-0.05, 0) is 47.3 Å². The topological polar surface area (TPSA) is 46.0 Å². The Bertz CT molecular complexity index is 555. The Morgan fingerprint density at radius 2 is 2.35 bits per heavy atom. The van der Waals surface area contributed by atoms with Gasteiger partial charge < -0.3 is 5.11 Å². The third-order valence-electron chi connectivity index (χ3n) is 2.89. The molecule has 0 saturated heterocycles. The molecule has 1 unspecified atom stereocenters. The fourth-order valence-corrected chi connectivity index (χ4v) is 3.78. The molecule has 3 nitrogen and oxygen atoms in total. The van der Waals surface area contributed by atoms with Crippen LogP contribution in [0.15, 0.2) is 22.8 Å². The molecule has 0 bridgehead atoms. The lowest BCUT2D eigenvalue weighted by Crippen LogP contribution is -2.07. The van der Waals surface area contributed by atoms with E-state index < -0.39 is 6.10 Å². The standard InChI is InChI=1S/C12H11BrN2OS/c13-7-3-2-6-14-10(7)12-15-11-8(16)4-1-5-9(11)17-12/h2-3,6,8,16H,1,4-5H2. The number of halogens is 1. The maximum absolute atomic E-state index is 9.90. The van der Waals surface area contributed by atoms with E-state index in [1.807, 2.05) is 12.1 Å². The van der Waals surface area contributed by atoms with Gasteiger partial charge in [0.1, 0.15) is 10.7 Å². The van der Waals surface area contributed by atoms with Crippen molar-refractivity contribution in [2.45, 2.75) is 25.4 Å². The number of nitrogens with zero attached hydrogens (tertiary/aromatic N) is 2. The maximum atomic E-state index is 9.90. The summed E-state index contributed by atoms with van der Waals surface area (Å²) >= 11 is 5.13. The first-order valence-electron chi connectivity index (χ1n) is 5.54. The average molecular weight is 311 g/mol. The number of hydrogen-bond donors (Lipinski definition) is 1. The lowest BCUT2D eigenvalue weighted by atomic mass is 10.0. The van der Waals surface area contributed by atoms with Gasteiger partial charge in [0.15, 0.2) is 0 Å². The predicted molar refractivity (Wildman–Crippen MR) is 70.9 cm³/mol. The first-order valence-corrected chi connectivity index (χ1v) is 7.15. The lowest BCUT2D eigenvalue weighted by molar-refractivity contribution is 0.153. The fourth-order valence-electron chi connectivity index (χ4n) is 2.04. The van der Waals surface area contributed by atoms with Gasteiger partial charge in [-0.15, -0.1) is 11.3 Å². The van der Waals surface area contributed by atoms with Crippen LogP contribution < -0.4 is 0 Å². The molecule has 0 radical (unpaired) electrons. The minimum atomic E-state index is -0.397. The van der Waals surface area contributed by atoms with Crippen molar-refractivity contribution in [3.05, 3.63) is 33.4 Å². The van der Waals surface area contributed by atoms with Gasteiger partial charge in [-0.25, -0.2) is 4.98 Å². The number of hydrogen-bond acceptors (Lipinski definition) is 4. The molecule has 0 spiro atoms. The maximum Gasteiger partial charge on any atom is 0.143 e. The zero-order valence-electron chi connectivity index (χ0n) is 9.06. The summed E-state index contributed by atoms with van der Waals surface area (Å²) in [6.45, 7) is 0. The van der Waals surface area contributed by atoms with E-state index in [0.29, 0.717) is 0 Å². The average Bonchev–Trinajstić information content (AvgIpc) is 2.75. The highest BCUT2D eigenvalue weighted by Crippen LogP contribution is 2.38. The zero-order valence-corrected chi connectivity index (χ0v) is 11.5. The highest BCUT2D eigenvalue weighted by molar-refractivity contribution is 9.10. The number of rotatable bonds is 1. The molecule has 3 rings (SSSR count). The van der Waals surface area contributed by atoms with Crippen LogP contribution in [0.5, 0.6) is 0 Å². The highest BCUT2D eigenvalue weighted by atomic mass is 79.9. The predicted octanol–water partition coefficient (Wildman–Crippen LogP) is 3.34. The van der Waals surface area contributed by atoms with Crippen molar-refractivity contribution in [1.82, 2.24) is 9.97 Å². The van der Waals surface area contributed by atoms with Crippen LogP contribution in [0.25, 0.3) is 10.7 Å². The van der Waals surface area contributed by atoms with E-state index in [1.165, 1.54) is 4.88 Å². The van der Waals surface area contributed by atoms with Crippen LogP contribution >= 0.6 is 27.3 Å². The van der Waals surface area contributed by atoms with Crippen molar-refractivity contribution in [2.75, 3.05) is 0 Å². The Balaban J connectivity index is 2.08. The van der Waals surface area contributed by atoms with Crippen LogP contribution in [-0.4, -0.2) is 15.1 Å². The molecule has 2 aromatic heterocycles. The minimum Gasteiger partial charge on any atom is -0.387 e. The largest absolute Gasteiger partial charge is 0.387 e. The highest BCUT2D eigenvalue weighted by Gasteiger charge is 2.24. The van der Waals surface area contributed by atoms with E-state index in [2.05, 4.69) is 25.9 Å². The molecule has 0 saturated carbocycles. The van der Waals surface area contributed by atoms with Crippen molar-refractivity contribution in [2.24, 2.45) is 0 Å². The minimum absolute atomic E-state index is 0.397. The first-order chi connectivity index (χ1) is 8.25. The van der Waals surface area contributed by atoms with Gasteiger partial charge in [0.05, 0.1) is 11.8 Å². The third-order valence-corrected chi connectivity index (χ3v) is 4.66. The van der Waals surface area contributed by atoms with E-state index >= 15 is 0 Å². The number of aromatic nitrogens is 2. The van der Waals surface area contributed by atoms with Gasteiger partial charge in [-0.3, -0.25) is 4.98 Å². The molecule has 0 fully saturated rings. The van der Waals surface area contributed by atoms with Crippen molar-refractivity contribution in [3.63, 3.8) is 0 Å². The van der Waals surface area contributed by atoms with Crippen LogP contribution in [0.3, 0.4) is 0 Å². The molecular formula is C12H11BrN2OS. The summed E-state index contributed by atoms with van der Waals surface area (Å²) in [6, 6.07) is 3.84. The number of aliphatic hydroxyl groups is 1. The molecule has 1 N–H and O–H groups in total. The molecule has 0 amide bonds. The fraction of sp³-hybridized carbons (Fsp3) is 0.333. The van der Waals surface area contributed by atoms with E-state index in [4.69, 9.17) is 0 Å². The quantitative estimate of drug-likeness (QED) is 0.878. The molecule has 2 aromatic rings. The molecule has 2 heterocycles. The number of thiazole rings is 1. The normalized spacial score (nSPS) is 19.1. The summed E-state index contributed by atoms with van der Waals surface area (Å²) in [5.74, 6) is 0. The van der Waals surface area contributed by atoms with Crippen molar-refractivity contribution >= 4 is 27.3 Å². The second-order valence-electron chi connectivity index (χ2n) is 4.07. The Morgan fingerprint density at radius 1 is 1.47 bits per heavy atom. The van der Waals surface area contributed by atoms with Crippen LogP contribution in [0.1, 0.15) is 29.5 Å². The summed E-state index contributed by atoms with van der Waals surface area (Å²) in [5.41, 5.74) is 1.72. The smallest absolute Gasteiger partial charge is 0.143 e.